The van der Waals surface area contributed by atoms with Crippen LogP contribution in [0, 0.1) is 0 Å². The lowest BCUT2D eigenvalue weighted by Gasteiger charge is -2.29. The molecule has 1 fully saturated rings. The first-order chi connectivity index (χ1) is 7.51. The van der Waals surface area contributed by atoms with Crippen LogP contribution in [0.25, 0.3) is 0 Å². The maximum absolute atomic E-state index is 13.6. The summed E-state index contributed by atoms with van der Waals surface area (Å²) >= 11 is 0. The van der Waals surface area contributed by atoms with E-state index in [1.807, 2.05) is 0 Å². The van der Waals surface area contributed by atoms with Gasteiger partial charge in [-0.1, -0.05) is 30.3 Å². The molecule has 0 heterocycles. The van der Waals surface area contributed by atoms with Crippen molar-refractivity contribution >= 4 is 11.6 Å². The maximum atomic E-state index is 13.6. The van der Waals surface area contributed by atoms with Crippen LogP contribution in [0.4, 0.5) is 8.78 Å². The highest BCUT2D eigenvalue weighted by molar-refractivity contribution is 6.06. The van der Waals surface area contributed by atoms with Crippen LogP contribution in [0.3, 0.4) is 0 Å². The minimum Gasteiger partial charge on any atom is -0.299 e. The molecule has 0 saturated heterocycles. The van der Waals surface area contributed by atoms with Crippen molar-refractivity contribution in [3.05, 3.63) is 35.9 Å². The molecule has 0 bridgehead atoms. The molecule has 1 aromatic rings. The first-order valence-corrected chi connectivity index (χ1v) is 4.99. The summed E-state index contributed by atoms with van der Waals surface area (Å²) in [4.78, 5) is 22.3. The molecule has 2 nitrogen and oxygen atoms in total. The Labute approximate surface area is 91.3 Å². The normalized spacial score (nSPS) is 24.5. The van der Waals surface area contributed by atoms with E-state index in [1.54, 1.807) is 18.2 Å². The molecular formula is C12H10F2O2. The third-order valence-electron chi connectivity index (χ3n) is 2.80. The second-order valence-corrected chi connectivity index (χ2v) is 3.93. The molecule has 4 heteroatoms. The molecular weight excluding hydrogens is 214 g/mol. The lowest BCUT2D eigenvalue weighted by atomic mass is 9.79. The number of Topliss-reactive ketones (excluding diaryl/α,β-unsaturated/α-hetero) is 2. The predicted octanol–water partition coefficient (Wildman–Crippen LogP) is 2.34. The van der Waals surface area contributed by atoms with Gasteiger partial charge in [-0.2, -0.15) is 8.78 Å². The number of halogens is 2. The number of ketones is 2. The summed E-state index contributed by atoms with van der Waals surface area (Å²) in [6.45, 7) is 0. The van der Waals surface area contributed by atoms with Crippen molar-refractivity contribution in [1.82, 2.24) is 0 Å². The van der Waals surface area contributed by atoms with Gasteiger partial charge in [0.15, 0.2) is 0 Å². The Morgan fingerprint density at radius 2 is 1.75 bits per heavy atom. The van der Waals surface area contributed by atoms with E-state index in [2.05, 4.69) is 0 Å². The molecule has 0 aromatic heterocycles. The molecule has 1 saturated carbocycles. The average Bonchev–Trinajstić information content (AvgIpc) is 2.25. The first-order valence-electron chi connectivity index (χ1n) is 4.99. The number of carbonyl (C=O) groups excluding carboxylic acids is 2. The fraction of sp³-hybridized carbons (Fsp3) is 0.333. The smallest absolute Gasteiger partial charge is 0.299 e. The van der Waals surface area contributed by atoms with E-state index in [-0.39, 0.29) is 6.42 Å². The number of alkyl halides is 2. The minimum absolute atomic E-state index is 0.261. The standard InChI is InChI=1S/C12H10F2O2/c13-12(14)10(6-9(15)7-11(12)16)8-4-2-1-3-5-8/h1-5,10H,6-7H2. The molecule has 1 aliphatic rings. The monoisotopic (exact) mass is 224 g/mol. The van der Waals surface area contributed by atoms with E-state index >= 15 is 0 Å². The molecule has 0 spiro atoms. The third kappa shape index (κ3) is 1.75. The van der Waals surface area contributed by atoms with E-state index in [9.17, 15) is 18.4 Å². The second-order valence-electron chi connectivity index (χ2n) is 3.93. The largest absolute Gasteiger partial charge is 0.312 e. The van der Waals surface area contributed by atoms with Gasteiger partial charge in [0.05, 0.1) is 12.3 Å². The Bertz CT molecular complexity index is 426. The molecule has 0 radical (unpaired) electrons. The molecule has 16 heavy (non-hydrogen) atoms. The number of carbonyl (C=O) groups is 2. The molecule has 2 rings (SSSR count). The Balaban J connectivity index is 2.39. The van der Waals surface area contributed by atoms with Gasteiger partial charge in [-0.25, -0.2) is 0 Å². The van der Waals surface area contributed by atoms with Gasteiger partial charge < -0.3 is 0 Å². The van der Waals surface area contributed by atoms with Gasteiger partial charge in [-0.15, -0.1) is 0 Å². The zero-order valence-electron chi connectivity index (χ0n) is 8.45. The van der Waals surface area contributed by atoms with E-state index in [0.29, 0.717) is 5.56 Å². The fourth-order valence-corrected chi connectivity index (χ4v) is 1.93. The van der Waals surface area contributed by atoms with Crippen LogP contribution in [0.1, 0.15) is 24.3 Å². The quantitative estimate of drug-likeness (QED) is 0.686. The Morgan fingerprint density at radius 3 is 2.38 bits per heavy atom. The zero-order valence-corrected chi connectivity index (χ0v) is 8.45. The zero-order chi connectivity index (χ0) is 11.8. The number of hydrogen-bond acceptors (Lipinski definition) is 2. The van der Waals surface area contributed by atoms with Gasteiger partial charge in [0, 0.05) is 6.42 Å². The lowest BCUT2D eigenvalue weighted by Crippen LogP contribution is -2.42. The Kier molecular flexibility index (Phi) is 2.58. The lowest BCUT2D eigenvalue weighted by molar-refractivity contribution is -0.155. The summed E-state index contributed by atoms with van der Waals surface area (Å²) in [6, 6.07) is 7.98. The van der Waals surface area contributed by atoms with Crippen molar-refractivity contribution in [1.29, 1.82) is 0 Å². The topological polar surface area (TPSA) is 34.1 Å². The van der Waals surface area contributed by atoms with Crippen molar-refractivity contribution in [2.24, 2.45) is 0 Å². The summed E-state index contributed by atoms with van der Waals surface area (Å²) in [5.74, 6) is -6.40. The summed E-state index contributed by atoms with van der Waals surface area (Å²) < 4.78 is 27.2. The van der Waals surface area contributed by atoms with Crippen molar-refractivity contribution in [2.75, 3.05) is 0 Å². The number of rotatable bonds is 1. The van der Waals surface area contributed by atoms with E-state index in [0.717, 1.165) is 0 Å². The Hall–Kier alpha value is -1.58. The van der Waals surface area contributed by atoms with Gasteiger partial charge in [0.2, 0.25) is 5.78 Å². The van der Waals surface area contributed by atoms with Crippen molar-refractivity contribution in [3.8, 4) is 0 Å². The summed E-state index contributed by atoms with van der Waals surface area (Å²) in [7, 11) is 0. The van der Waals surface area contributed by atoms with Crippen LogP contribution in [0.2, 0.25) is 0 Å². The molecule has 0 amide bonds. The fourth-order valence-electron chi connectivity index (χ4n) is 1.93. The maximum Gasteiger partial charge on any atom is 0.312 e. The minimum atomic E-state index is -3.42. The highest BCUT2D eigenvalue weighted by Gasteiger charge is 2.51. The highest BCUT2D eigenvalue weighted by atomic mass is 19.3. The van der Waals surface area contributed by atoms with E-state index in [4.69, 9.17) is 0 Å². The number of hydrogen-bond donors (Lipinski definition) is 0. The van der Waals surface area contributed by atoms with Gasteiger partial charge >= 0.3 is 5.92 Å². The van der Waals surface area contributed by atoms with Crippen molar-refractivity contribution < 1.29 is 18.4 Å². The van der Waals surface area contributed by atoms with Crippen molar-refractivity contribution in [3.63, 3.8) is 0 Å². The van der Waals surface area contributed by atoms with Crippen LogP contribution < -0.4 is 0 Å². The molecule has 1 aromatic carbocycles. The SMILES string of the molecule is O=C1CC(=O)C(F)(F)C(c2ccccc2)C1. The van der Waals surface area contributed by atoms with Crippen LogP contribution in [0.5, 0.6) is 0 Å². The molecule has 1 atom stereocenters. The van der Waals surface area contributed by atoms with Crippen molar-refractivity contribution in [2.45, 2.75) is 24.7 Å². The van der Waals surface area contributed by atoms with E-state index in [1.165, 1.54) is 12.1 Å². The van der Waals surface area contributed by atoms with Crippen LogP contribution in [-0.4, -0.2) is 17.5 Å². The molecule has 0 N–H and O–H groups in total. The first kappa shape index (κ1) is 10.9. The molecule has 84 valence electrons. The Morgan fingerprint density at radius 1 is 1.12 bits per heavy atom. The average molecular weight is 224 g/mol. The third-order valence-corrected chi connectivity index (χ3v) is 2.80. The summed E-state index contributed by atoms with van der Waals surface area (Å²) in [5, 5.41) is 0. The van der Waals surface area contributed by atoms with Gasteiger partial charge in [-0.05, 0) is 5.56 Å². The number of benzene rings is 1. The molecule has 1 aliphatic carbocycles. The van der Waals surface area contributed by atoms with E-state index < -0.39 is 29.8 Å². The molecule has 1 unspecified atom stereocenters. The van der Waals surface area contributed by atoms with Gasteiger partial charge in [0.25, 0.3) is 0 Å². The van der Waals surface area contributed by atoms with Crippen LogP contribution in [0.15, 0.2) is 30.3 Å². The van der Waals surface area contributed by atoms with Crippen LogP contribution >= 0.6 is 0 Å². The molecule has 0 aliphatic heterocycles. The summed E-state index contributed by atoms with van der Waals surface area (Å²) in [6.07, 6.45) is -0.904. The highest BCUT2D eigenvalue weighted by Crippen LogP contribution is 2.41. The predicted molar refractivity (Wildman–Crippen MR) is 53.4 cm³/mol. The van der Waals surface area contributed by atoms with Crippen LogP contribution in [-0.2, 0) is 9.59 Å². The van der Waals surface area contributed by atoms with Gasteiger partial charge in [0.1, 0.15) is 5.78 Å². The summed E-state index contributed by atoms with van der Waals surface area (Å²) in [5.41, 5.74) is 0.342. The van der Waals surface area contributed by atoms with Gasteiger partial charge in [-0.3, -0.25) is 9.59 Å². The second kappa shape index (κ2) is 3.77.